The number of carbonyl (C=O) groups is 1. The van der Waals surface area contributed by atoms with Crippen LogP contribution in [0.3, 0.4) is 0 Å². The highest BCUT2D eigenvalue weighted by Crippen LogP contribution is 2.41. The number of benzene rings is 2. The first kappa shape index (κ1) is 26.1. The van der Waals surface area contributed by atoms with E-state index in [0.29, 0.717) is 34.9 Å². The molecule has 1 heterocycles. The smallest absolute Gasteiger partial charge is 0.420 e. The highest BCUT2D eigenvalue weighted by molar-refractivity contribution is 8.18. The Morgan fingerprint density at radius 1 is 1.17 bits per heavy atom. The van der Waals surface area contributed by atoms with E-state index in [-0.39, 0.29) is 30.3 Å². The molecular formula is C23H20F3N3O5S. The summed E-state index contributed by atoms with van der Waals surface area (Å²) in [5.74, 6) is -0.751. The summed E-state index contributed by atoms with van der Waals surface area (Å²) in [6.07, 6.45) is -3.15. The number of aliphatic imine (C=N–C) groups is 1. The second-order valence-electron chi connectivity index (χ2n) is 6.93. The van der Waals surface area contributed by atoms with Gasteiger partial charge in [0, 0.05) is 6.54 Å². The number of hydrogen-bond donors (Lipinski definition) is 2. The van der Waals surface area contributed by atoms with Gasteiger partial charge in [0.25, 0.3) is 5.91 Å². The quantitative estimate of drug-likeness (QED) is 0.388. The van der Waals surface area contributed by atoms with Crippen molar-refractivity contribution in [3.8, 4) is 23.3 Å². The second kappa shape index (κ2) is 11.7. The predicted molar refractivity (Wildman–Crippen MR) is 123 cm³/mol. The van der Waals surface area contributed by atoms with E-state index in [1.54, 1.807) is 18.2 Å². The van der Waals surface area contributed by atoms with Gasteiger partial charge in [0.15, 0.2) is 16.7 Å². The Morgan fingerprint density at radius 2 is 1.94 bits per heavy atom. The molecule has 3 rings (SSSR count). The van der Waals surface area contributed by atoms with Crippen molar-refractivity contribution in [3.63, 3.8) is 0 Å². The number of aliphatic hydroxyl groups excluding tert-OH is 1. The van der Waals surface area contributed by atoms with Crippen LogP contribution >= 0.6 is 11.8 Å². The monoisotopic (exact) mass is 507 g/mol. The van der Waals surface area contributed by atoms with Crippen LogP contribution in [0.4, 0.5) is 13.2 Å². The zero-order valence-electron chi connectivity index (χ0n) is 18.4. The lowest BCUT2D eigenvalue weighted by Gasteiger charge is -2.16. The lowest BCUT2D eigenvalue weighted by molar-refractivity contribution is -0.138. The number of nitrogens with zero attached hydrogens (tertiary/aromatic N) is 2. The van der Waals surface area contributed by atoms with Crippen molar-refractivity contribution in [3.05, 3.63) is 58.0 Å². The van der Waals surface area contributed by atoms with E-state index in [9.17, 15) is 18.0 Å². The van der Waals surface area contributed by atoms with E-state index < -0.39 is 23.4 Å². The molecule has 1 aliphatic rings. The van der Waals surface area contributed by atoms with Crippen LogP contribution in [0, 0.1) is 11.3 Å². The van der Waals surface area contributed by atoms with Crippen LogP contribution in [0.5, 0.6) is 17.2 Å². The van der Waals surface area contributed by atoms with Crippen LogP contribution in [0.1, 0.15) is 16.7 Å². The van der Waals surface area contributed by atoms with Gasteiger partial charge < -0.3 is 24.6 Å². The van der Waals surface area contributed by atoms with Crippen molar-refractivity contribution >= 4 is 28.9 Å². The molecule has 0 aromatic heterocycles. The van der Waals surface area contributed by atoms with Gasteiger partial charge in [0.2, 0.25) is 0 Å². The molecule has 8 nitrogen and oxygen atoms in total. The highest BCUT2D eigenvalue weighted by Gasteiger charge is 2.35. The number of methoxy groups -OCH3 is 1. The molecule has 1 aliphatic heterocycles. The van der Waals surface area contributed by atoms with Gasteiger partial charge in [0.05, 0.1) is 49.0 Å². The average molecular weight is 507 g/mol. The van der Waals surface area contributed by atoms with Gasteiger partial charge in [-0.2, -0.15) is 23.4 Å². The number of halogens is 3. The lowest BCUT2D eigenvalue weighted by Crippen LogP contribution is -2.24. The van der Waals surface area contributed by atoms with Crippen LogP contribution in [0.15, 0.2) is 46.3 Å². The van der Waals surface area contributed by atoms with E-state index in [0.717, 1.165) is 17.8 Å². The number of carbonyl (C=O) groups excluding carboxylic acids is 1. The summed E-state index contributed by atoms with van der Waals surface area (Å²) in [4.78, 5) is 16.5. The molecule has 1 amide bonds. The number of amidine groups is 1. The fourth-order valence-corrected chi connectivity index (χ4v) is 3.76. The fourth-order valence-electron chi connectivity index (χ4n) is 2.92. The van der Waals surface area contributed by atoms with Crippen molar-refractivity contribution in [2.45, 2.75) is 6.18 Å². The molecule has 0 aliphatic carbocycles. The maximum Gasteiger partial charge on any atom is 0.420 e. The number of ether oxygens (including phenoxy) is 3. The van der Waals surface area contributed by atoms with Crippen LogP contribution < -0.4 is 14.8 Å². The van der Waals surface area contributed by atoms with E-state index in [1.807, 2.05) is 0 Å². The first-order valence-corrected chi connectivity index (χ1v) is 11.0. The molecule has 0 spiro atoms. The summed E-state index contributed by atoms with van der Waals surface area (Å²) in [7, 11) is 1.34. The normalized spacial score (nSPS) is 14.6. The zero-order valence-corrected chi connectivity index (χ0v) is 19.2. The Labute approximate surface area is 203 Å². The summed E-state index contributed by atoms with van der Waals surface area (Å²) in [5.41, 5.74) is -0.688. The molecular weight excluding hydrogens is 487 g/mol. The van der Waals surface area contributed by atoms with E-state index in [4.69, 9.17) is 24.6 Å². The third-order valence-electron chi connectivity index (χ3n) is 4.50. The van der Waals surface area contributed by atoms with E-state index in [2.05, 4.69) is 10.3 Å². The van der Waals surface area contributed by atoms with Gasteiger partial charge >= 0.3 is 6.18 Å². The minimum Gasteiger partial charge on any atom is -0.493 e. The number of rotatable bonds is 9. The maximum atomic E-state index is 13.4. The minimum absolute atomic E-state index is 0.0248. The Bertz CT molecular complexity index is 1190. The lowest BCUT2D eigenvalue weighted by atomic mass is 10.1. The minimum atomic E-state index is -4.73. The average Bonchev–Trinajstić information content (AvgIpc) is 3.18. The molecule has 2 aromatic carbocycles. The standard InChI is InChI=1S/C23H20F3N3O5S/c1-32-19-11-14(12-20-21(31)29-22(35-20)28-6-8-33-9-7-30)2-5-18(19)34-17-4-3-15(13-27)10-16(17)23(24,25)26/h2-5,10-12,30H,6-9H2,1H3,(H,28,29,31)/b20-12+. The molecule has 0 atom stereocenters. The number of alkyl halides is 3. The number of nitrogens with one attached hydrogen (secondary N) is 1. The molecule has 0 radical (unpaired) electrons. The molecule has 0 bridgehead atoms. The zero-order chi connectivity index (χ0) is 25.4. The molecule has 2 aromatic rings. The number of hydrogen-bond acceptors (Lipinski definition) is 8. The largest absolute Gasteiger partial charge is 0.493 e. The SMILES string of the molecule is COc1cc(/C=C2/SC(NCCOCCO)=NC2=O)ccc1Oc1ccc(C#N)cc1C(F)(F)F. The number of nitriles is 1. The van der Waals surface area contributed by atoms with E-state index >= 15 is 0 Å². The fraction of sp³-hybridized carbons (Fsp3) is 0.261. The predicted octanol–water partition coefficient (Wildman–Crippen LogP) is 3.95. The number of amides is 1. The third kappa shape index (κ3) is 6.98. The van der Waals surface area contributed by atoms with Gasteiger partial charge in [0.1, 0.15) is 5.75 Å². The van der Waals surface area contributed by atoms with Crippen molar-refractivity contribution in [1.82, 2.24) is 5.32 Å². The van der Waals surface area contributed by atoms with Crippen LogP contribution in [-0.4, -0.2) is 49.7 Å². The number of thioether (sulfide) groups is 1. The molecule has 12 heteroatoms. The Balaban J connectivity index is 1.75. The Hall–Kier alpha value is -3.53. The molecule has 0 fully saturated rings. The van der Waals surface area contributed by atoms with Crippen molar-refractivity contribution in [2.24, 2.45) is 4.99 Å². The van der Waals surface area contributed by atoms with Crippen LogP contribution in [-0.2, 0) is 15.7 Å². The topological polar surface area (TPSA) is 113 Å². The molecule has 2 N–H and O–H groups in total. The van der Waals surface area contributed by atoms with Gasteiger partial charge in [-0.15, -0.1) is 0 Å². The van der Waals surface area contributed by atoms with Gasteiger partial charge in [-0.3, -0.25) is 4.79 Å². The van der Waals surface area contributed by atoms with Crippen molar-refractivity contribution in [1.29, 1.82) is 5.26 Å². The number of aliphatic hydroxyl groups is 1. The van der Waals surface area contributed by atoms with Gasteiger partial charge in [-0.25, -0.2) is 0 Å². The van der Waals surface area contributed by atoms with Crippen molar-refractivity contribution < 1.29 is 37.3 Å². The third-order valence-corrected chi connectivity index (χ3v) is 5.44. The van der Waals surface area contributed by atoms with Crippen molar-refractivity contribution in [2.75, 3.05) is 33.5 Å². The first-order valence-electron chi connectivity index (χ1n) is 10.2. The van der Waals surface area contributed by atoms with Gasteiger partial charge in [-0.05, 0) is 53.7 Å². The molecule has 35 heavy (non-hydrogen) atoms. The Kier molecular flexibility index (Phi) is 8.75. The first-order chi connectivity index (χ1) is 16.7. The molecule has 0 saturated heterocycles. The Morgan fingerprint density at radius 3 is 2.63 bits per heavy atom. The van der Waals surface area contributed by atoms with E-state index in [1.165, 1.54) is 25.3 Å². The highest BCUT2D eigenvalue weighted by atomic mass is 32.2. The van der Waals surface area contributed by atoms with Crippen LogP contribution in [0.25, 0.3) is 6.08 Å². The summed E-state index contributed by atoms with van der Waals surface area (Å²) in [5, 5.41) is 21.0. The molecule has 184 valence electrons. The molecule has 0 saturated carbocycles. The summed E-state index contributed by atoms with van der Waals surface area (Å²) < 4.78 is 56.2. The summed E-state index contributed by atoms with van der Waals surface area (Å²) >= 11 is 1.13. The maximum absolute atomic E-state index is 13.4. The summed E-state index contributed by atoms with van der Waals surface area (Å²) in [6, 6.07) is 9.19. The summed E-state index contributed by atoms with van der Waals surface area (Å²) in [6.45, 7) is 0.879. The van der Waals surface area contributed by atoms with Crippen LogP contribution in [0.2, 0.25) is 0 Å². The molecule has 0 unspecified atom stereocenters. The second-order valence-corrected chi connectivity index (χ2v) is 7.96. The van der Waals surface area contributed by atoms with Gasteiger partial charge in [-0.1, -0.05) is 6.07 Å².